The molecule has 0 amide bonds. The van der Waals surface area contributed by atoms with Gasteiger partial charge in [0.1, 0.15) is 17.5 Å². The minimum absolute atomic E-state index is 0.0345. The molecule has 0 aliphatic rings. The average Bonchev–Trinajstić information content (AvgIpc) is 2.74. The second-order valence-electron chi connectivity index (χ2n) is 4.55. The van der Waals surface area contributed by atoms with Crippen molar-refractivity contribution in [2.75, 3.05) is 11.9 Å². The molecule has 100 valence electrons. The van der Waals surface area contributed by atoms with E-state index in [1.165, 1.54) is 0 Å². The van der Waals surface area contributed by atoms with Crippen molar-refractivity contribution in [3.63, 3.8) is 0 Å². The number of aromatic nitrogens is 3. The van der Waals surface area contributed by atoms with Crippen molar-refractivity contribution in [1.82, 2.24) is 14.5 Å². The molecule has 0 unspecified atom stereocenters. The monoisotopic (exact) mass is 258 g/mol. The van der Waals surface area contributed by atoms with E-state index in [9.17, 15) is 0 Å². The predicted octanol–water partition coefficient (Wildman–Crippen LogP) is 1.04. The summed E-state index contributed by atoms with van der Waals surface area (Å²) in [5.74, 6) is 1.67. The summed E-state index contributed by atoms with van der Waals surface area (Å²) in [7, 11) is 3.87. The third-order valence-electron chi connectivity index (χ3n) is 3.07. The Morgan fingerprint density at radius 2 is 2.16 bits per heavy atom. The molecule has 2 aromatic heterocycles. The Morgan fingerprint density at radius 1 is 1.42 bits per heavy atom. The summed E-state index contributed by atoms with van der Waals surface area (Å²) in [6, 6.07) is 1.86. The van der Waals surface area contributed by atoms with Crippen LogP contribution in [0.2, 0.25) is 0 Å². The maximum Gasteiger partial charge on any atom is 0.139 e. The van der Waals surface area contributed by atoms with Crippen molar-refractivity contribution in [2.45, 2.75) is 13.5 Å². The van der Waals surface area contributed by atoms with E-state index in [2.05, 4.69) is 9.97 Å². The molecule has 0 aliphatic heterocycles. The van der Waals surface area contributed by atoms with Gasteiger partial charge in [-0.05, 0) is 18.6 Å². The summed E-state index contributed by atoms with van der Waals surface area (Å²) in [5, 5.41) is 7.69. The van der Waals surface area contributed by atoms with Crippen molar-refractivity contribution in [1.29, 1.82) is 5.41 Å². The van der Waals surface area contributed by atoms with Gasteiger partial charge in [-0.25, -0.2) is 9.97 Å². The molecule has 0 atom stereocenters. The zero-order valence-electron chi connectivity index (χ0n) is 11.4. The molecule has 6 heteroatoms. The number of amidine groups is 1. The Kier molecular flexibility index (Phi) is 3.50. The lowest BCUT2D eigenvalue weighted by Gasteiger charge is -2.21. The molecule has 0 radical (unpaired) electrons. The van der Waals surface area contributed by atoms with Gasteiger partial charge in [0.05, 0.1) is 12.1 Å². The molecule has 0 saturated carbocycles. The second-order valence-corrected chi connectivity index (χ2v) is 4.55. The average molecular weight is 258 g/mol. The van der Waals surface area contributed by atoms with E-state index in [0.29, 0.717) is 17.9 Å². The van der Waals surface area contributed by atoms with E-state index in [1.807, 2.05) is 42.7 Å². The first kappa shape index (κ1) is 13.1. The molecule has 2 heterocycles. The highest BCUT2D eigenvalue weighted by molar-refractivity contribution is 6.00. The molecular formula is C13H18N6. The quantitative estimate of drug-likeness (QED) is 0.634. The van der Waals surface area contributed by atoms with Crippen LogP contribution >= 0.6 is 0 Å². The number of imidazole rings is 1. The van der Waals surface area contributed by atoms with E-state index in [4.69, 9.17) is 11.1 Å². The summed E-state index contributed by atoms with van der Waals surface area (Å²) in [6.07, 6.45) is 5.39. The smallest absolute Gasteiger partial charge is 0.139 e. The number of pyridine rings is 1. The number of hydrogen-bond donors (Lipinski definition) is 2. The third-order valence-corrected chi connectivity index (χ3v) is 3.07. The van der Waals surface area contributed by atoms with Crippen molar-refractivity contribution in [2.24, 2.45) is 12.8 Å². The fraction of sp³-hybridized carbons (Fsp3) is 0.308. The molecule has 19 heavy (non-hydrogen) atoms. The molecule has 2 rings (SSSR count). The summed E-state index contributed by atoms with van der Waals surface area (Å²) < 4.78 is 1.96. The van der Waals surface area contributed by atoms with Gasteiger partial charge < -0.3 is 15.2 Å². The van der Waals surface area contributed by atoms with Crippen LogP contribution in [0.5, 0.6) is 0 Å². The van der Waals surface area contributed by atoms with Gasteiger partial charge in [-0.2, -0.15) is 0 Å². The van der Waals surface area contributed by atoms with Crippen LogP contribution in [0.15, 0.2) is 24.7 Å². The minimum atomic E-state index is 0.0345. The highest BCUT2D eigenvalue weighted by Crippen LogP contribution is 2.20. The Hall–Kier alpha value is -2.37. The summed E-state index contributed by atoms with van der Waals surface area (Å²) in [5.41, 5.74) is 7.28. The van der Waals surface area contributed by atoms with Crippen molar-refractivity contribution < 1.29 is 0 Å². The maximum absolute atomic E-state index is 7.69. The van der Waals surface area contributed by atoms with Crippen LogP contribution in [0, 0.1) is 12.3 Å². The first-order valence-corrected chi connectivity index (χ1v) is 5.98. The van der Waals surface area contributed by atoms with Gasteiger partial charge in [-0.15, -0.1) is 0 Å². The van der Waals surface area contributed by atoms with Crippen LogP contribution in [0.1, 0.15) is 17.0 Å². The molecule has 0 saturated heterocycles. The first-order chi connectivity index (χ1) is 9.00. The van der Waals surface area contributed by atoms with Gasteiger partial charge >= 0.3 is 0 Å². The minimum Gasteiger partial charge on any atom is -0.384 e. The van der Waals surface area contributed by atoms with Gasteiger partial charge in [-0.1, -0.05) is 0 Å². The highest BCUT2D eigenvalue weighted by atomic mass is 15.2. The zero-order valence-corrected chi connectivity index (χ0v) is 11.4. The molecule has 0 spiro atoms. The fourth-order valence-electron chi connectivity index (χ4n) is 2.00. The zero-order chi connectivity index (χ0) is 14.0. The van der Waals surface area contributed by atoms with E-state index in [1.54, 1.807) is 12.4 Å². The van der Waals surface area contributed by atoms with Gasteiger partial charge in [-0.3, -0.25) is 5.41 Å². The van der Waals surface area contributed by atoms with E-state index < -0.39 is 0 Å². The number of nitrogen functional groups attached to an aromatic ring is 1. The lowest BCUT2D eigenvalue weighted by Crippen LogP contribution is -2.25. The molecule has 0 fully saturated rings. The Bertz CT molecular complexity index is 601. The van der Waals surface area contributed by atoms with E-state index in [-0.39, 0.29) is 5.84 Å². The molecule has 6 nitrogen and oxygen atoms in total. The van der Waals surface area contributed by atoms with Crippen LogP contribution in [0.3, 0.4) is 0 Å². The van der Waals surface area contributed by atoms with E-state index >= 15 is 0 Å². The van der Waals surface area contributed by atoms with Crippen molar-refractivity contribution >= 4 is 11.7 Å². The maximum atomic E-state index is 7.69. The third kappa shape index (κ3) is 2.57. The first-order valence-electron chi connectivity index (χ1n) is 5.98. The fourth-order valence-corrected chi connectivity index (χ4v) is 2.00. The summed E-state index contributed by atoms with van der Waals surface area (Å²) in [4.78, 5) is 10.6. The Morgan fingerprint density at radius 3 is 2.74 bits per heavy atom. The van der Waals surface area contributed by atoms with Crippen molar-refractivity contribution in [3.05, 3.63) is 41.6 Å². The van der Waals surface area contributed by atoms with Gasteiger partial charge in [0.2, 0.25) is 0 Å². The number of rotatable bonds is 4. The number of nitrogens with zero attached hydrogens (tertiary/aromatic N) is 4. The molecule has 0 bridgehead atoms. The van der Waals surface area contributed by atoms with Crippen LogP contribution in [-0.2, 0) is 13.6 Å². The highest BCUT2D eigenvalue weighted by Gasteiger charge is 2.15. The normalized spacial score (nSPS) is 10.5. The number of aryl methyl sites for hydroxylation is 2. The number of nitrogens with two attached hydrogens (primary N) is 1. The molecular weight excluding hydrogens is 240 g/mol. The van der Waals surface area contributed by atoms with Crippen LogP contribution in [0.4, 0.5) is 5.82 Å². The topological polar surface area (TPSA) is 83.8 Å². The van der Waals surface area contributed by atoms with Gasteiger partial charge in [0.25, 0.3) is 0 Å². The Labute approximate surface area is 112 Å². The van der Waals surface area contributed by atoms with Gasteiger partial charge in [0, 0.05) is 32.7 Å². The SMILES string of the molecule is Cc1ccnc(N(C)Cc2nccn2C)c1C(=N)N. The summed E-state index contributed by atoms with van der Waals surface area (Å²) >= 11 is 0. The predicted molar refractivity (Wildman–Crippen MR) is 75.3 cm³/mol. The molecule has 0 aromatic carbocycles. The van der Waals surface area contributed by atoms with Crippen LogP contribution < -0.4 is 10.6 Å². The lowest BCUT2D eigenvalue weighted by atomic mass is 10.1. The van der Waals surface area contributed by atoms with E-state index in [0.717, 1.165) is 11.4 Å². The molecule has 0 aliphatic carbocycles. The largest absolute Gasteiger partial charge is 0.384 e. The second kappa shape index (κ2) is 5.09. The Balaban J connectivity index is 2.34. The summed E-state index contributed by atoms with van der Waals surface area (Å²) in [6.45, 7) is 2.54. The number of hydrogen-bond acceptors (Lipinski definition) is 4. The van der Waals surface area contributed by atoms with Crippen LogP contribution in [0.25, 0.3) is 0 Å². The number of anilines is 1. The molecule has 2 aromatic rings. The standard InChI is InChI=1S/C13H18N6/c1-9-4-5-17-13(11(9)12(14)15)19(3)8-10-16-6-7-18(10)2/h4-7H,8H2,1-3H3,(H3,14,15). The number of nitrogens with one attached hydrogen (secondary N) is 1. The van der Waals surface area contributed by atoms with Crippen LogP contribution in [-0.4, -0.2) is 27.4 Å². The lowest BCUT2D eigenvalue weighted by molar-refractivity contribution is 0.754. The van der Waals surface area contributed by atoms with Crippen molar-refractivity contribution in [3.8, 4) is 0 Å². The van der Waals surface area contributed by atoms with Gasteiger partial charge in [0.15, 0.2) is 0 Å². The molecule has 3 N–H and O–H groups in total.